The van der Waals surface area contributed by atoms with Gasteiger partial charge in [-0.05, 0) is 37.9 Å². The second-order valence-electron chi connectivity index (χ2n) is 5.39. The van der Waals surface area contributed by atoms with Gasteiger partial charge in [0.15, 0.2) is 0 Å². The maximum atomic E-state index is 11.4. The average molecular weight is 276 g/mol. The Kier molecular flexibility index (Phi) is 7.97. The van der Waals surface area contributed by atoms with E-state index in [0.717, 1.165) is 38.9 Å². The lowest BCUT2D eigenvalue weighted by Crippen LogP contribution is -2.44. The second-order valence-corrected chi connectivity index (χ2v) is 5.39. The van der Waals surface area contributed by atoms with Crippen molar-refractivity contribution in [2.24, 2.45) is 0 Å². The van der Waals surface area contributed by atoms with Gasteiger partial charge in [0.05, 0.1) is 0 Å². The molecule has 0 saturated heterocycles. The zero-order valence-corrected chi connectivity index (χ0v) is 13.1. The summed E-state index contributed by atoms with van der Waals surface area (Å²) in [6.45, 7) is 9.12. The fraction of sp³-hybridized carbons (Fsp3) is 0.588. The molecule has 0 aliphatic rings. The number of hydrogen-bond acceptors (Lipinski definition) is 2. The van der Waals surface area contributed by atoms with Crippen LogP contribution in [0.15, 0.2) is 30.3 Å². The monoisotopic (exact) mass is 276 g/mol. The van der Waals surface area contributed by atoms with Crippen LogP contribution in [0.4, 0.5) is 0 Å². The van der Waals surface area contributed by atoms with Gasteiger partial charge < -0.3 is 10.2 Å². The summed E-state index contributed by atoms with van der Waals surface area (Å²) in [7, 11) is 0. The van der Waals surface area contributed by atoms with Crippen LogP contribution in [0.1, 0.15) is 39.2 Å². The van der Waals surface area contributed by atoms with Gasteiger partial charge in [0.1, 0.15) is 0 Å². The summed E-state index contributed by atoms with van der Waals surface area (Å²) in [6, 6.07) is 10.6. The third-order valence-electron chi connectivity index (χ3n) is 3.29. The van der Waals surface area contributed by atoms with E-state index >= 15 is 0 Å². The molecule has 0 saturated carbocycles. The number of nitrogens with zero attached hydrogens (tertiary/aromatic N) is 1. The van der Waals surface area contributed by atoms with Gasteiger partial charge in [0, 0.05) is 19.5 Å². The van der Waals surface area contributed by atoms with Crippen LogP contribution in [0, 0.1) is 0 Å². The molecule has 20 heavy (non-hydrogen) atoms. The number of amides is 1. The molecule has 1 atom stereocenters. The van der Waals surface area contributed by atoms with E-state index < -0.39 is 0 Å². The summed E-state index contributed by atoms with van der Waals surface area (Å²) in [6.07, 6.45) is 3.20. The lowest BCUT2D eigenvalue weighted by molar-refractivity contribution is -0.119. The van der Waals surface area contributed by atoms with Crippen LogP contribution in [0.5, 0.6) is 0 Å². The Morgan fingerprint density at radius 1 is 1.15 bits per heavy atom. The fourth-order valence-corrected chi connectivity index (χ4v) is 2.59. The first kappa shape index (κ1) is 16.7. The van der Waals surface area contributed by atoms with Gasteiger partial charge in [0.25, 0.3) is 0 Å². The smallest absolute Gasteiger partial charge is 0.217 e. The van der Waals surface area contributed by atoms with Crippen LogP contribution in [0.25, 0.3) is 0 Å². The van der Waals surface area contributed by atoms with E-state index in [1.54, 1.807) is 6.92 Å². The van der Waals surface area contributed by atoms with Crippen molar-refractivity contribution in [3.63, 3.8) is 0 Å². The summed E-state index contributed by atoms with van der Waals surface area (Å²) in [5.41, 5.74) is 1.28. The molecule has 1 amide bonds. The third kappa shape index (κ3) is 6.71. The number of carbonyl (C=O) groups excluding carboxylic acids is 1. The Morgan fingerprint density at radius 3 is 2.25 bits per heavy atom. The minimum atomic E-state index is 0.0545. The van der Waals surface area contributed by atoms with Crippen LogP contribution in [-0.4, -0.2) is 36.5 Å². The Morgan fingerprint density at radius 2 is 1.75 bits per heavy atom. The van der Waals surface area contributed by atoms with Gasteiger partial charge in [-0.2, -0.15) is 0 Å². The van der Waals surface area contributed by atoms with Crippen molar-refractivity contribution in [3.8, 4) is 0 Å². The molecule has 3 nitrogen and oxygen atoms in total. The molecule has 1 N–H and O–H groups in total. The molecule has 112 valence electrons. The number of nitrogens with one attached hydrogen (secondary N) is 1. The highest BCUT2D eigenvalue weighted by Gasteiger charge is 2.15. The van der Waals surface area contributed by atoms with Gasteiger partial charge in [-0.1, -0.05) is 44.2 Å². The molecule has 1 aromatic rings. The molecule has 0 spiro atoms. The SMILES string of the molecule is CCCN(CCC)C[C@H](Cc1ccccc1)NC(C)=O. The van der Waals surface area contributed by atoms with Crippen LogP contribution in [-0.2, 0) is 11.2 Å². The van der Waals surface area contributed by atoms with E-state index in [0.29, 0.717) is 0 Å². The fourth-order valence-electron chi connectivity index (χ4n) is 2.59. The quantitative estimate of drug-likeness (QED) is 0.752. The summed E-state index contributed by atoms with van der Waals surface area (Å²) < 4.78 is 0. The Bertz CT molecular complexity index is 372. The molecular weight excluding hydrogens is 248 g/mol. The van der Waals surface area contributed by atoms with E-state index in [1.165, 1.54) is 5.56 Å². The van der Waals surface area contributed by atoms with E-state index in [1.807, 2.05) is 6.07 Å². The average Bonchev–Trinajstić information content (AvgIpc) is 2.39. The molecule has 3 heteroatoms. The number of rotatable bonds is 9. The molecular formula is C17H28N2O. The largest absolute Gasteiger partial charge is 0.352 e. The van der Waals surface area contributed by atoms with E-state index in [2.05, 4.69) is 48.3 Å². The normalized spacial score (nSPS) is 12.4. The van der Waals surface area contributed by atoms with Gasteiger partial charge >= 0.3 is 0 Å². The van der Waals surface area contributed by atoms with Crippen molar-refractivity contribution in [2.75, 3.05) is 19.6 Å². The predicted octanol–water partition coefficient (Wildman–Crippen LogP) is 2.86. The molecule has 0 aliphatic heterocycles. The highest BCUT2D eigenvalue weighted by Crippen LogP contribution is 2.06. The molecule has 0 unspecified atom stereocenters. The summed E-state index contributed by atoms with van der Waals surface area (Å²) in [5, 5.41) is 3.10. The minimum absolute atomic E-state index is 0.0545. The maximum Gasteiger partial charge on any atom is 0.217 e. The van der Waals surface area contributed by atoms with Crippen molar-refractivity contribution in [1.82, 2.24) is 10.2 Å². The van der Waals surface area contributed by atoms with Crippen LogP contribution in [0.2, 0.25) is 0 Å². The highest BCUT2D eigenvalue weighted by molar-refractivity contribution is 5.73. The summed E-state index contributed by atoms with van der Waals surface area (Å²) >= 11 is 0. The van der Waals surface area contributed by atoms with Crippen LogP contribution in [0.3, 0.4) is 0 Å². The van der Waals surface area contributed by atoms with E-state index in [4.69, 9.17) is 0 Å². The van der Waals surface area contributed by atoms with Crippen molar-refractivity contribution in [3.05, 3.63) is 35.9 Å². The standard InChI is InChI=1S/C17H28N2O/c1-4-11-19(12-5-2)14-17(18-15(3)20)13-16-9-7-6-8-10-16/h6-10,17H,4-5,11-14H2,1-3H3,(H,18,20)/t17-/m0/s1. The van der Waals surface area contributed by atoms with Crippen molar-refractivity contribution < 1.29 is 4.79 Å². The Balaban J connectivity index is 2.64. The molecule has 0 bridgehead atoms. The second kappa shape index (κ2) is 9.54. The molecule has 0 fully saturated rings. The first-order chi connectivity index (χ1) is 9.65. The lowest BCUT2D eigenvalue weighted by atomic mass is 10.1. The van der Waals surface area contributed by atoms with Gasteiger partial charge in [-0.15, -0.1) is 0 Å². The minimum Gasteiger partial charge on any atom is -0.352 e. The molecule has 0 aromatic heterocycles. The van der Waals surface area contributed by atoms with Crippen molar-refractivity contribution >= 4 is 5.91 Å². The first-order valence-corrected chi connectivity index (χ1v) is 7.69. The zero-order valence-electron chi connectivity index (χ0n) is 13.1. The van der Waals surface area contributed by atoms with Gasteiger partial charge in [-0.3, -0.25) is 4.79 Å². The Hall–Kier alpha value is -1.35. The van der Waals surface area contributed by atoms with Crippen molar-refractivity contribution in [1.29, 1.82) is 0 Å². The topological polar surface area (TPSA) is 32.3 Å². The van der Waals surface area contributed by atoms with Gasteiger partial charge in [-0.25, -0.2) is 0 Å². The summed E-state index contributed by atoms with van der Waals surface area (Å²) in [4.78, 5) is 13.9. The first-order valence-electron chi connectivity index (χ1n) is 7.69. The number of benzene rings is 1. The maximum absolute atomic E-state index is 11.4. The van der Waals surface area contributed by atoms with Crippen molar-refractivity contribution in [2.45, 2.75) is 46.1 Å². The molecule has 0 aliphatic carbocycles. The molecule has 1 aromatic carbocycles. The zero-order chi connectivity index (χ0) is 14.8. The predicted molar refractivity (Wildman–Crippen MR) is 84.8 cm³/mol. The van der Waals surface area contributed by atoms with Gasteiger partial charge in [0.2, 0.25) is 5.91 Å². The number of carbonyl (C=O) groups is 1. The summed E-state index contributed by atoms with van der Waals surface area (Å²) in [5.74, 6) is 0.0545. The molecule has 1 rings (SSSR count). The lowest BCUT2D eigenvalue weighted by Gasteiger charge is -2.27. The molecule has 0 heterocycles. The number of hydrogen-bond donors (Lipinski definition) is 1. The van der Waals surface area contributed by atoms with Crippen LogP contribution >= 0.6 is 0 Å². The van der Waals surface area contributed by atoms with E-state index in [9.17, 15) is 4.79 Å². The molecule has 0 radical (unpaired) electrons. The van der Waals surface area contributed by atoms with E-state index in [-0.39, 0.29) is 11.9 Å². The van der Waals surface area contributed by atoms with Crippen LogP contribution < -0.4 is 5.32 Å². The Labute approximate surface area is 123 Å². The highest BCUT2D eigenvalue weighted by atomic mass is 16.1. The third-order valence-corrected chi connectivity index (χ3v) is 3.29.